The number of H-pyrrole nitrogens is 1. The van der Waals surface area contributed by atoms with Crippen molar-refractivity contribution in [1.82, 2.24) is 14.9 Å². The molecule has 0 atom stereocenters. The number of nitrogens with one attached hydrogen (secondary N) is 1. The van der Waals surface area contributed by atoms with Gasteiger partial charge in [-0.3, -0.25) is 14.5 Å². The minimum absolute atomic E-state index is 0.109. The van der Waals surface area contributed by atoms with Gasteiger partial charge in [0.2, 0.25) is 0 Å². The Morgan fingerprint density at radius 1 is 1.35 bits per heavy atom. The molecular weight excluding hydrogens is 314 g/mol. The predicted molar refractivity (Wildman–Crippen MR) is 87.5 cm³/mol. The smallest absolute Gasteiger partial charge is 0.313 e. The predicted octanol–water partition coefficient (Wildman–Crippen LogP) is 1.50. The molecule has 0 aliphatic carbocycles. The summed E-state index contributed by atoms with van der Waals surface area (Å²) in [6.45, 7) is 2.20. The van der Waals surface area contributed by atoms with Gasteiger partial charge in [-0.25, -0.2) is 4.98 Å². The standard InChI is InChI=1S/C16H17N3O3S/c20-14(21)10-23-16-17-13-6-7-19(9-12(13)15(22)18-16)8-11-4-2-1-3-5-11/h1-5H,6-10H2,(H,20,21)(H,17,18,22). The van der Waals surface area contributed by atoms with Gasteiger partial charge in [-0.05, 0) is 5.56 Å². The summed E-state index contributed by atoms with van der Waals surface area (Å²) in [6.07, 6.45) is 0.701. The third-order valence-electron chi connectivity index (χ3n) is 3.71. The summed E-state index contributed by atoms with van der Waals surface area (Å²) in [5.74, 6) is -1.04. The zero-order valence-electron chi connectivity index (χ0n) is 12.5. The van der Waals surface area contributed by atoms with E-state index in [9.17, 15) is 9.59 Å². The summed E-state index contributed by atoms with van der Waals surface area (Å²) < 4.78 is 0. The van der Waals surface area contributed by atoms with Gasteiger partial charge < -0.3 is 10.1 Å². The maximum Gasteiger partial charge on any atom is 0.313 e. The number of aromatic nitrogens is 2. The lowest BCUT2D eigenvalue weighted by Crippen LogP contribution is -2.35. The van der Waals surface area contributed by atoms with Crippen molar-refractivity contribution in [3.63, 3.8) is 0 Å². The van der Waals surface area contributed by atoms with E-state index >= 15 is 0 Å². The van der Waals surface area contributed by atoms with E-state index in [1.54, 1.807) is 0 Å². The quantitative estimate of drug-likeness (QED) is 0.638. The zero-order chi connectivity index (χ0) is 16.2. The van der Waals surface area contributed by atoms with Gasteiger partial charge >= 0.3 is 5.97 Å². The van der Waals surface area contributed by atoms with Crippen LogP contribution in [0.2, 0.25) is 0 Å². The summed E-state index contributed by atoms with van der Waals surface area (Å²) >= 11 is 1.04. The maximum atomic E-state index is 12.2. The molecular formula is C16H17N3O3S. The molecule has 0 spiro atoms. The van der Waals surface area contributed by atoms with Gasteiger partial charge in [0.15, 0.2) is 5.16 Å². The maximum absolute atomic E-state index is 12.2. The summed E-state index contributed by atoms with van der Waals surface area (Å²) in [7, 11) is 0. The Labute approximate surface area is 137 Å². The van der Waals surface area contributed by atoms with Crippen molar-refractivity contribution in [2.75, 3.05) is 12.3 Å². The van der Waals surface area contributed by atoms with Crippen LogP contribution >= 0.6 is 11.8 Å². The molecule has 7 heteroatoms. The number of nitrogens with zero attached hydrogens (tertiary/aromatic N) is 2. The Balaban J connectivity index is 1.73. The largest absolute Gasteiger partial charge is 0.481 e. The molecule has 0 bridgehead atoms. The lowest BCUT2D eigenvalue weighted by atomic mass is 10.1. The topological polar surface area (TPSA) is 86.3 Å². The van der Waals surface area contributed by atoms with Crippen LogP contribution in [0.5, 0.6) is 0 Å². The summed E-state index contributed by atoms with van der Waals surface area (Å²) in [5, 5.41) is 9.09. The Bertz CT molecular complexity index is 761. The van der Waals surface area contributed by atoms with Crippen molar-refractivity contribution in [2.45, 2.75) is 24.7 Å². The molecule has 0 fully saturated rings. The van der Waals surface area contributed by atoms with E-state index in [0.29, 0.717) is 23.7 Å². The molecule has 2 N–H and O–H groups in total. The van der Waals surface area contributed by atoms with Crippen LogP contribution in [0.3, 0.4) is 0 Å². The van der Waals surface area contributed by atoms with E-state index in [2.05, 4.69) is 27.0 Å². The van der Waals surface area contributed by atoms with E-state index in [1.807, 2.05) is 18.2 Å². The summed E-state index contributed by atoms with van der Waals surface area (Å²) in [5.41, 5.74) is 2.52. The molecule has 1 aliphatic heterocycles. The molecule has 0 amide bonds. The number of carboxylic acids is 1. The Hall–Kier alpha value is -2.12. The second-order valence-corrected chi connectivity index (χ2v) is 6.39. The first-order valence-corrected chi connectivity index (χ1v) is 8.33. The Morgan fingerprint density at radius 3 is 2.87 bits per heavy atom. The van der Waals surface area contributed by atoms with Crippen LogP contribution in [0.15, 0.2) is 40.3 Å². The third kappa shape index (κ3) is 4.00. The molecule has 1 aromatic heterocycles. The van der Waals surface area contributed by atoms with Gasteiger partial charge in [-0.1, -0.05) is 42.1 Å². The molecule has 0 saturated heterocycles. The van der Waals surface area contributed by atoms with Gasteiger partial charge in [-0.2, -0.15) is 0 Å². The molecule has 0 radical (unpaired) electrons. The van der Waals surface area contributed by atoms with Crippen molar-refractivity contribution in [1.29, 1.82) is 0 Å². The number of hydrogen-bond acceptors (Lipinski definition) is 5. The normalized spacial score (nSPS) is 14.4. The van der Waals surface area contributed by atoms with E-state index in [1.165, 1.54) is 5.56 Å². The first-order valence-electron chi connectivity index (χ1n) is 7.35. The Kier molecular flexibility index (Phi) is 4.78. The van der Waals surface area contributed by atoms with Crippen LogP contribution in [-0.2, 0) is 24.3 Å². The van der Waals surface area contributed by atoms with Crippen molar-refractivity contribution >= 4 is 17.7 Å². The number of rotatable bonds is 5. The number of fused-ring (bicyclic) bond motifs is 1. The molecule has 1 aromatic carbocycles. The highest BCUT2D eigenvalue weighted by Gasteiger charge is 2.21. The first-order chi connectivity index (χ1) is 11.1. The molecule has 3 rings (SSSR count). The third-order valence-corrected chi connectivity index (χ3v) is 4.57. The molecule has 6 nitrogen and oxygen atoms in total. The average molecular weight is 331 g/mol. The number of aliphatic carboxylic acids is 1. The van der Waals surface area contributed by atoms with Crippen LogP contribution in [0.1, 0.15) is 16.8 Å². The van der Waals surface area contributed by atoms with Gasteiger partial charge in [0.25, 0.3) is 5.56 Å². The monoisotopic (exact) mass is 331 g/mol. The van der Waals surface area contributed by atoms with Gasteiger partial charge in [0, 0.05) is 26.1 Å². The van der Waals surface area contributed by atoms with Gasteiger partial charge in [0.05, 0.1) is 17.0 Å². The molecule has 2 aromatic rings. The van der Waals surface area contributed by atoms with E-state index in [4.69, 9.17) is 5.11 Å². The van der Waals surface area contributed by atoms with E-state index in [0.717, 1.165) is 30.5 Å². The van der Waals surface area contributed by atoms with Crippen LogP contribution in [-0.4, -0.2) is 38.2 Å². The summed E-state index contributed by atoms with van der Waals surface area (Å²) in [4.78, 5) is 32.2. The number of aromatic amines is 1. The molecule has 0 saturated carbocycles. The highest BCUT2D eigenvalue weighted by atomic mass is 32.2. The number of carboxylic acid groups (broad SMARTS) is 1. The zero-order valence-corrected chi connectivity index (χ0v) is 13.3. The minimum Gasteiger partial charge on any atom is -0.481 e. The lowest BCUT2D eigenvalue weighted by molar-refractivity contribution is -0.133. The van der Waals surface area contributed by atoms with Crippen molar-refractivity contribution in [3.05, 3.63) is 57.5 Å². The Morgan fingerprint density at radius 2 is 2.13 bits per heavy atom. The fraction of sp³-hybridized carbons (Fsp3) is 0.312. The second-order valence-electron chi connectivity index (χ2n) is 5.42. The number of benzene rings is 1. The van der Waals surface area contributed by atoms with Crippen molar-refractivity contribution < 1.29 is 9.90 Å². The lowest BCUT2D eigenvalue weighted by Gasteiger charge is -2.27. The SMILES string of the molecule is O=C(O)CSc1nc2c(c(=O)[nH]1)CN(Cc1ccccc1)CC2. The molecule has 0 unspecified atom stereocenters. The highest BCUT2D eigenvalue weighted by Crippen LogP contribution is 2.19. The van der Waals surface area contributed by atoms with E-state index in [-0.39, 0.29) is 11.3 Å². The number of carbonyl (C=O) groups is 1. The number of hydrogen-bond donors (Lipinski definition) is 2. The van der Waals surface area contributed by atoms with Crippen LogP contribution in [0, 0.1) is 0 Å². The molecule has 120 valence electrons. The average Bonchev–Trinajstić information content (AvgIpc) is 2.54. The highest BCUT2D eigenvalue weighted by molar-refractivity contribution is 7.99. The van der Waals surface area contributed by atoms with Crippen LogP contribution in [0.4, 0.5) is 0 Å². The van der Waals surface area contributed by atoms with Crippen molar-refractivity contribution in [3.8, 4) is 0 Å². The van der Waals surface area contributed by atoms with Gasteiger partial charge in [0.1, 0.15) is 0 Å². The van der Waals surface area contributed by atoms with E-state index < -0.39 is 5.97 Å². The fourth-order valence-corrected chi connectivity index (χ4v) is 3.23. The van der Waals surface area contributed by atoms with Gasteiger partial charge in [-0.15, -0.1) is 0 Å². The second kappa shape index (κ2) is 6.97. The minimum atomic E-state index is -0.926. The van der Waals surface area contributed by atoms with Crippen LogP contribution < -0.4 is 5.56 Å². The summed E-state index contributed by atoms with van der Waals surface area (Å²) in [6, 6.07) is 10.1. The number of thioether (sulfide) groups is 1. The van der Waals surface area contributed by atoms with Crippen molar-refractivity contribution in [2.24, 2.45) is 0 Å². The van der Waals surface area contributed by atoms with Crippen LogP contribution in [0.25, 0.3) is 0 Å². The molecule has 23 heavy (non-hydrogen) atoms. The first kappa shape index (κ1) is 15.8. The molecule has 2 heterocycles. The fourth-order valence-electron chi connectivity index (χ4n) is 2.63. The molecule has 1 aliphatic rings.